The van der Waals surface area contributed by atoms with Gasteiger partial charge in [-0.2, -0.15) is 0 Å². The van der Waals surface area contributed by atoms with Crippen LogP contribution in [0.4, 0.5) is 17.1 Å². The topological polar surface area (TPSA) is 8.17 Å². The molecule has 286 valence electrons. The molecule has 10 aromatic carbocycles. The van der Waals surface area contributed by atoms with Gasteiger partial charge in [-0.05, 0) is 87.6 Å². The lowest BCUT2D eigenvalue weighted by atomic mass is 9.96. The van der Waals surface area contributed by atoms with E-state index in [-0.39, 0.29) is 0 Å². The van der Waals surface area contributed by atoms with E-state index in [1.165, 1.54) is 86.1 Å². The highest BCUT2D eigenvalue weighted by Crippen LogP contribution is 2.46. The summed E-state index contributed by atoms with van der Waals surface area (Å²) in [5.74, 6) is 0. The number of fused-ring (bicyclic) bond motifs is 7. The number of benzene rings is 10. The van der Waals surface area contributed by atoms with Gasteiger partial charge in [-0.3, -0.25) is 0 Å². The van der Waals surface area contributed by atoms with Gasteiger partial charge in [-0.1, -0.05) is 176 Å². The van der Waals surface area contributed by atoms with Crippen molar-refractivity contribution in [1.29, 1.82) is 0 Å². The first-order chi connectivity index (χ1) is 30.3. The molecule has 0 saturated carbocycles. The molecule has 0 fully saturated rings. The average molecular weight is 795 g/mol. The molecule has 2 heterocycles. The number of para-hydroxylation sites is 3. The standard InChI is InChI=1S/C58H38N2S/c1-2-18-46-41(14-1)15-11-23-47(46)42-32-30-39(31-33-42)40-34-36-43(37-35-40)59(44-16-12-17-45(38-44)60-55-27-8-3-19-48(55)49-20-4-9-28-56(49)60)54-26-7-5-21-50(54)52-24-13-25-53-51-22-6-10-29-57(51)61-58(52)53/h1-38H. The average Bonchev–Trinajstić information content (AvgIpc) is 3.88. The number of hydrogen-bond acceptors (Lipinski definition) is 2. The van der Waals surface area contributed by atoms with Gasteiger partial charge in [0, 0.05) is 59.1 Å². The third-order valence-corrected chi connectivity index (χ3v) is 13.4. The Labute approximate surface area is 358 Å². The molecule has 12 rings (SSSR count). The lowest BCUT2D eigenvalue weighted by molar-refractivity contribution is 1.17. The van der Waals surface area contributed by atoms with Gasteiger partial charge in [-0.15, -0.1) is 11.3 Å². The maximum absolute atomic E-state index is 2.44. The Morgan fingerprint density at radius 2 is 0.885 bits per heavy atom. The molecule has 2 aromatic heterocycles. The van der Waals surface area contributed by atoms with E-state index in [0.717, 1.165) is 22.7 Å². The Morgan fingerprint density at radius 1 is 0.344 bits per heavy atom. The summed E-state index contributed by atoms with van der Waals surface area (Å²) < 4.78 is 5.01. The molecule has 0 aliphatic carbocycles. The van der Waals surface area contributed by atoms with E-state index >= 15 is 0 Å². The van der Waals surface area contributed by atoms with Gasteiger partial charge in [0.15, 0.2) is 0 Å². The van der Waals surface area contributed by atoms with Crippen LogP contribution in [0.15, 0.2) is 231 Å². The molecule has 0 N–H and O–H groups in total. The molecule has 0 bridgehead atoms. The summed E-state index contributed by atoms with van der Waals surface area (Å²) in [4.78, 5) is 2.44. The van der Waals surface area contributed by atoms with Crippen molar-refractivity contribution in [2.75, 3.05) is 4.90 Å². The van der Waals surface area contributed by atoms with Crippen molar-refractivity contribution in [2.45, 2.75) is 0 Å². The Bertz CT molecular complexity index is 3530. The predicted molar refractivity (Wildman–Crippen MR) is 262 cm³/mol. The predicted octanol–water partition coefficient (Wildman–Crippen LogP) is 16.8. The Hall–Kier alpha value is -7.72. The smallest absolute Gasteiger partial charge is 0.0541 e. The third kappa shape index (κ3) is 5.93. The van der Waals surface area contributed by atoms with Crippen molar-refractivity contribution in [2.24, 2.45) is 0 Å². The van der Waals surface area contributed by atoms with Crippen LogP contribution >= 0.6 is 11.3 Å². The van der Waals surface area contributed by atoms with Gasteiger partial charge >= 0.3 is 0 Å². The maximum Gasteiger partial charge on any atom is 0.0541 e. The van der Waals surface area contributed by atoms with E-state index in [1.54, 1.807) is 0 Å². The number of nitrogens with zero attached hydrogens (tertiary/aromatic N) is 2. The van der Waals surface area contributed by atoms with E-state index in [4.69, 9.17) is 0 Å². The Morgan fingerprint density at radius 3 is 1.67 bits per heavy atom. The van der Waals surface area contributed by atoms with Crippen molar-refractivity contribution < 1.29 is 0 Å². The first kappa shape index (κ1) is 35.2. The third-order valence-electron chi connectivity index (χ3n) is 12.2. The van der Waals surface area contributed by atoms with Crippen LogP contribution in [0.25, 0.3) is 91.8 Å². The lowest BCUT2D eigenvalue weighted by Gasteiger charge is -2.28. The summed E-state index contributed by atoms with van der Waals surface area (Å²) in [5, 5.41) is 7.63. The molecule has 2 nitrogen and oxygen atoms in total. The number of rotatable bonds is 7. The summed E-state index contributed by atoms with van der Waals surface area (Å²) in [7, 11) is 0. The van der Waals surface area contributed by atoms with Gasteiger partial charge in [0.25, 0.3) is 0 Å². The van der Waals surface area contributed by atoms with E-state index in [9.17, 15) is 0 Å². The molecule has 61 heavy (non-hydrogen) atoms. The summed E-state index contributed by atoms with van der Waals surface area (Å²) in [6.07, 6.45) is 0. The van der Waals surface area contributed by atoms with Crippen LogP contribution in [0.1, 0.15) is 0 Å². The second kappa shape index (κ2) is 14.5. The van der Waals surface area contributed by atoms with Crippen LogP contribution < -0.4 is 4.90 Å². The number of hydrogen-bond donors (Lipinski definition) is 0. The van der Waals surface area contributed by atoms with Crippen LogP contribution in [-0.4, -0.2) is 4.57 Å². The molecule has 0 atom stereocenters. The molecular weight excluding hydrogens is 757 g/mol. The van der Waals surface area contributed by atoms with Gasteiger partial charge < -0.3 is 9.47 Å². The summed E-state index contributed by atoms with van der Waals surface area (Å²) in [6.45, 7) is 0. The van der Waals surface area contributed by atoms with E-state index in [0.29, 0.717) is 0 Å². The number of aromatic nitrogens is 1. The van der Waals surface area contributed by atoms with E-state index in [1.807, 2.05) is 11.3 Å². The lowest BCUT2D eigenvalue weighted by Crippen LogP contribution is -2.11. The molecular formula is C58H38N2S. The first-order valence-electron chi connectivity index (χ1n) is 20.8. The minimum atomic E-state index is 1.09. The first-order valence-corrected chi connectivity index (χ1v) is 21.7. The van der Waals surface area contributed by atoms with Crippen LogP contribution in [-0.2, 0) is 0 Å². The van der Waals surface area contributed by atoms with Crippen LogP contribution in [0, 0.1) is 0 Å². The molecule has 0 saturated heterocycles. The molecule has 0 radical (unpaired) electrons. The van der Waals surface area contributed by atoms with Gasteiger partial charge in [0.2, 0.25) is 0 Å². The largest absolute Gasteiger partial charge is 0.310 e. The quantitative estimate of drug-likeness (QED) is 0.156. The molecule has 0 aliphatic heterocycles. The van der Waals surface area contributed by atoms with Crippen LogP contribution in [0.3, 0.4) is 0 Å². The SMILES string of the molecule is c1cc(N(c2ccc(-c3ccc(-c4cccc5ccccc45)cc3)cc2)c2ccccc2-c2cccc3c2sc2ccccc23)cc(-n2c3ccccc3c3ccccc32)c1. The van der Waals surface area contributed by atoms with Crippen molar-refractivity contribution >= 4 is 81.1 Å². The summed E-state index contributed by atoms with van der Waals surface area (Å²) in [5.41, 5.74) is 14.1. The fourth-order valence-corrected chi connectivity index (χ4v) is 10.6. The minimum absolute atomic E-state index is 1.09. The number of thiophene rings is 1. The second-order valence-corrected chi connectivity index (χ2v) is 16.7. The second-order valence-electron chi connectivity index (χ2n) is 15.7. The van der Waals surface area contributed by atoms with E-state index < -0.39 is 0 Å². The van der Waals surface area contributed by atoms with Crippen LogP contribution in [0.2, 0.25) is 0 Å². The van der Waals surface area contributed by atoms with Gasteiger partial charge in [0.05, 0.1) is 16.7 Å². The molecule has 0 amide bonds. The maximum atomic E-state index is 2.44. The zero-order valence-electron chi connectivity index (χ0n) is 33.2. The highest BCUT2D eigenvalue weighted by molar-refractivity contribution is 7.26. The normalized spacial score (nSPS) is 11.6. The Kier molecular flexibility index (Phi) is 8.39. The highest BCUT2D eigenvalue weighted by atomic mass is 32.1. The minimum Gasteiger partial charge on any atom is -0.310 e. The molecule has 0 aliphatic rings. The van der Waals surface area contributed by atoms with E-state index in [2.05, 4.69) is 240 Å². The Balaban J connectivity index is 1.01. The van der Waals surface area contributed by atoms with Crippen molar-refractivity contribution in [3.63, 3.8) is 0 Å². The van der Waals surface area contributed by atoms with Gasteiger partial charge in [0.1, 0.15) is 0 Å². The molecule has 0 unspecified atom stereocenters. The van der Waals surface area contributed by atoms with Crippen LogP contribution in [0.5, 0.6) is 0 Å². The zero-order chi connectivity index (χ0) is 40.3. The zero-order valence-corrected chi connectivity index (χ0v) is 34.1. The fourth-order valence-electron chi connectivity index (χ4n) is 9.38. The number of anilines is 3. The molecule has 3 heteroatoms. The summed E-state index contributed by atoms with van der Waals surface area (Å²) in [6, 6.07) is 84.1. The van der Waals surface area contributed by atoms with Gasteiger partial charge in [-0.25, -0.2) is 0 Å². The van der Waals surface area contributed by atoms with Crippen molar-refractivity contribution in [3.05, 3.63) is 231 Å². The monoisotopic (exact) mass is 794 g/mol. The highest BCUT2D eigenvalue weighted by Gasteiger charge is 2.21. The van der Waals surface area contributed by atoms with Crippen molar-refractivity contribution in [3.8, 4) is 39.1 Å². The fraction of sp³-hybridized carbons (Fsp3) is 0. The summed E-state index contributed by atoms with van der Waals surface area (Å²) >= 11 is 1.88. The van der Waals surface area contributed by atoms with Crippen molar-refractivity contribution in [1.82, 2.24) is 4.57 Å². The molecule has 0 spiro atoms. The molecule has 12 aromatic rings.